The molecule has 72 valence electrons. The smallest absolute Gasteiger partial charge is 0.152 e. The molecule has 1 aliphatic heterocycles. The molecule has 0 amide bonds. The van der Waals surface area contributed by atoms with Gasteiger partial charge in [-0.15, -0.1) is 0 Å². The molecule has 4 heteroatoms. The highest BCUT2D eigenvalue weighted by Gasteiger charge is 2.23. The highest BCUT2D eigenvalue weighted by Crippen LogP contribution is 2.09. The van der Waals surface area contributed by atoms with E-state index in [0.717, 1.165) is 19.5 Å². The van der Waals surface area contributed by atoms with Crippen molar-refractivity contribution < 1.29 is 8.42 Å². The van der Waals surface area contributed by atoms with Gasteiger partial charge < -0.3 is 0 Å². The second-order valence-electron chi connectivity index (χ2n) is 3.45. The van der Waals surface area contributed by atoms with Crippen LogP contribution < -0.4 is 0 Å². The van der Waals surface area contributed by atoms with E-state index in [1.807, 2.05) is 0 Å². The van der Waals surface area contributed by atoms with Gasteiger partial charge >= 0.3 is 0 Å². The highest BCUT2D eigenvalue weighted by atomic mass is 32.2. The Morgan fingerprint density at radius 2 is 1.83 bits per heavy atom. The fraction of sp³-hybridized carbons (Fsp3) is 1.00. The van der Waals surface area contributed by atoms with Crippen LogP contribution in [-0.4, -0.2) is 44.0 Å². The average Bonchev–Trinajstić information content (AvgIpc) is 2.03. The van der Waals surface area contributed by atoms with E-state index in [-0.39, 0.29) is 0 Å². The minimum atomic E-state index is -2.70. The van der Waals surface area contributed by atoms with Crippen LogP contribution in [0.15, 0.2) is 0 Å². The second-order valence-corrected chi connectivity index (χ2v) is 5.75. The molecule has 1 fully saturated rings. The fourth-order valence-corrected chi connectivity index (χ4v) is 2.65. The van der Waals surface area contributed by atoms with E-state index >= 15 is 0 Å². The monoisotopic (exact) mass is 191 g/mol. The van der Waals surface area contributed by atoms with Crippen molar-refractivity contribution in [3.8, 4) is 0 Å². The molecule has 1 aliphatic rings. The zero-order valence-corrected chi connectivity index (χ0v) is 8.60. The van der Waals surface area contributed by atoms with Gasteiger partial charge in [-0.2, -0.15) is 0 Å². The van der Waals surface area contributed by atoms with Crippen molar-refractivity contribution in [2.75, 3.05) is 24.6 Å². The van der Waals surface area contributed by atoms with Crippen LogP contribution in [0.4, 0.5) is 0 Å². The summed E-state index contributed by atoms with van der Waals surface area (Å²) in [5, 5.41) is 0. The van der Waals surface area contributed by atoms with Crippen molar-refractivity contribution in [2.45, 2.75) is 26.3 Å². The molecule has 0 aromatic heterocycles. The predicted octanol–water partition coefficient (Wildman–Crippen LogP) is 0.515. The Bertz CT molecular complexity index is 221. The second kappa shape index (κ2) is 3.75. The van der Waals surface area contributed by atoms with Gasteiger partial charge in [0.05, 0.1) is 11.5 Å². The minimum Gasteiger partial charge on any atom is -0.299 e. The van der Waals surface area contributed by atoms with Gasteiger partial charge in [-0.25, -0.2) is 8.42 Å². The molecule has 1 saturated heterocycles. The third-order valence-corrected chi connectivity index (χ3v) is 4.20. The molecule has 1 rings (SSSR count). The molecule has 1 heterocycles. The van der Waals surface area contributed by atoms with Gasteiger partial charge in [0.15, 0.2) is 9.84 Å². The Morgan fingerprint density at radius 1 is 1.33 bits per heavy atom. The van der Waals surface area contributed by atoms with Crippen LogP contribution in [0.5, 0.6) is 0 Å². The number of hydrogen-bond donors (Lipinski definition) is 0. The average molecular weight is 191 g/mol. The Hall–Kier alpha value is -0.0900. The van der Waals surface area contributed by atoms with Crippen LogP contribution >= 0.6 is 0 Å². The molecule has 0 aromatic carbocycles. The molecule has 0 saturated carbocycles. The van der Waals surface area contributed by atoms with Crippen molar-refractivity contribution in [2.24, 2.45) is 0 Å². The SMILES string of the molecule is CC[C@@H](C)N1CCS(=O)(=O)CC1. The molecule has 0 bridgehead atoms. The first-order valence-corrected chi connectivity index (χ1v) is 6.32. The van der Waals surface area contributed by atoms with Crippen molar-refractivity contribution in [3.05, 3.63) is 0 Å². The van der Waals surface area contributed by atoms with Crippen LogP contribution in [0.1, 0.15) is 20.3 Å². The Labute approximate surface area is 74.7 Å². The third kappa shape index (κ3) is 2.45. The zero-order chi connectivity index (χ0) is 9.19. The molecule has 3 nitrogen and oxygen atoms in total. The summed E-state index contributed by atoms with van der Waals surface area (Å²) in [7, 11) is -2.70. The molecular weight excluding hydrogens is 174 g/mol. The first-order valence-electron chi connectivity index (χ1n) is 4.49. The molecule has 0 aromatic rings. The Morgan fingerprint density at radius 3 is 2.25 bits per heavy atom. The summed E-state index contributed by atoms with van der Waals surface area (Å²) in [5.74, 6) is 0.689. The van der Waals surface area contributed by atoms with E-state index in [0.29, 0.717) is 17.5 Å². The van der Waals surface area contributed by atoms with Gasteiger partial charge in [-0.3, -0.25) is 4.90 Å². The van der Waals surface area contributed by atoms with Gasteiger partial charge in [0, 0.05) is 19.1 Å². The van der Waals surface area contributed by atoms with E-state index in [2.05, 4.69) is 18.7 Å². The molecule has 1 atom stereocenters. The highest BCUT2D eigenvalue weighted by molar-refractivity contribution is 7.91. The van der Waals surface area contributed by atoms with Gasteiger partial charge in [0.1, 0.15) is 0 Å². The number of sulfone groups is 1. The van der Waals surface area contributed by atoms with Crippen LogP contribution in [0.3, 0.4) is 0 Å². The van der Waals surface area contributed by atoms with Crippen LogP contribution in [0.2, 0.25) is 0 Å². The van der Waals surface area contributed by atoms with Gasteiger partial charge in [-0.1, -0.05) is 6.92 Å². The molecule has 0 unspecified atom stereocenters. The summed E-state index contributed by atoms with van der Waals surface area (Å²) >= 11 is 0. The van der Waals surface area contributed by atoms with Crippen molar-refractivity contribution in [1.29, 1.82) is 0 Å². The molecule has 0 spiro atoms. The predicted molar refractivity (Wildman–Crippen MR) is 50.0 cm³/mol. The maximum absolute atomic E-state index is 11.1. The summed E-state index contributed by atoms with van der Waals surface area (Å²) in [6.45, 7) is 5.72. The summed E-state index contributed by atoms with van der Waals surface area (Å²) in [6.07, 6.45) is 1.10. The molecule has 0 aliphatic carbocycles. The van der Waals surface area contributed by atoms with E-state index in [4.69, 9.17) is 0 Å². The summed E-state index contributed by atoms with van der Waals surface area (Å²) < 4.78 is 22.2. The summed E-state index contributed by atoms with van der Waals surface area (Å²) in [4.78, 5) is 2.25. The summed E-state index contributed by atoms with van der Waals surface area (Å²) in [5.41, 5.74) is 0. The van der Waals surface area contributed by atoms with E-state index in [1.54, 1.807) is 0 Å². The standard InChI is InChI=1S/C8H17NO2S/c1-3-8(2)9-4-6-12(10,11)7-5-9/h8H,3-7H2,1-2H3/t8-/m1/s1. The lowest BCUT2D eigenvalue weighted by Gasteiger charge is -2.31. The van der Waals surface area contributed by atoms with Crippen LogP contribution in [0, 0.1) is 0 Å². The quantitative estimate of drug-likeness (QED) is 0.638. The molecule has 0 radical (unpaired) electrons. The van der Waals surface area contributed by atoms with Gasteiger partial charge in [0.2, 0.25) is 0 Å². The number of rotatable bonds is 2. The molecule has 0 N–H and O–H groups in total. The van der Waals surface area contributed by atoms with E-state index in [1.165, 1.54) is 0 Å². The summed E-state index contributed by atoms with van der Waals surface area (Å²) in [6, 6.07) is 0.528. The topological polar surface area (TPSA) is 37.4 Å². The minimum absolute atomic E-state index is 0.345. The first kappa shape index (κ1) is 9.99. The van der Waals surface area contributed by atoms with Crippen LogP contribution in [0.25, 0.3) is 0 Å². The van der Waals surface area contributed by atoms with Crippen LogP contribution in [-0.2, 0) is 9.84 Å². The molecule has 12 heavy (non-hydrogen) atoms. The van der Waals surface area contributed by atoms with E-state index in [9.17, 15) is 8.42 Å². The lowest BCUT2D eigenvalue weighted by Crippen LogP contribution is -2.44. The Balaban J connectivity index is 2.46. The maximum atomic E-state index is 11.1. The lowest BCUT2D eigenvalue weighted by atomic mass is 10.2. The Kier molecular flexibility index (Phi) is 3.12. The van der Waals surface area contributed by atoms with Crippen molar-refractivity contribution >= 4 is 9.84 Å². The fourth-order valence-electron chi connectivity index (χ4n) is 1.43. The van der Waals surface area contributed by atoms with Gasteiger partial charge in [0.25, 0.3) is 0 Å². The van der Waals surface area contributed by atoms with Crippen molar-refractivity contribution in [1.82, 2.24) is 4.90 Å². The normalized spacial score (nSPS) is 26.8. The van der Waals surface area contributed by atoms with Crippen molar-refractivity contribution in [3.63, 3.8) is 0 Å². The third-order valence-electron chi connectivity index (χ3n) is 2.59. The largest absolute Gasteiger partial charge is 0.299 e. The van der Waals surface area contributed by atoms with Gasteiger partial charge in [-0.05, 0) is 13.3 Å². The molecular formula is C8H17NO2S. The number of nitrogens with zero attached hydrogens (tertiary/aromatic N) is 1. The zero-order valence-electron chi connectivity index (χ0n) is 7.78. The lowest BCUT2D eigenvalue weighted by molar-refractivity contribution is 0.221. The first-order chi connectivity index (χ1) is 5.55. The maximum Gasteiger partial charge on any atom is 0.152 e. The van der Waals surface area contributed by atoms with E-state index < -0.39 is 9.84 Å². The number of hydrogen-bond acceptors (Lipinski definition) is 3.